The summed E-state index contributed by atoms with van der Waals surface area (Å²) in [6.07, 6.45) is 16.2. The van der Waals surface area contributed by atoms with Gasteiger partial charge in [0, 0.05) is 0 Å². The van der Waals surface area contributed by atoms with Gasteiger partial charge in [0.1, 0.15) is 0 Å². The molecule has 0 atom stereocenters. The largest absolute Gasteiger partial charge is 0.185 e. The van der Waals surface area contributed by atoms with Crippen LogP contribution in [0, 0.1) is 0 Å². The van der Waals surface area contributed by atoms with Gasteiger partial charge >= 0.3 is 0 Å². The Labute approximate surface area is 111 Å². The van der Waals surface area contributed by atoms with Crippen LogP contribution < -0.4 is 0 Å². The third-order valence-corrected chi connectivity index (χ3v) is 3.48. The van der Waals surface area contributed by atoms with Crippen molar-refractivity contribution in [2.45, 2.75) is 90.1 Å². The van der Waals surface area contributed by atoms with E-state index in [1.165, 1.54) is 70.6 Å². The van der Waals surface area contributed by atoms with E-state index in [0.29, 0.717) is 0 Å². The molecule has 0 fully saturated rings. The van der Waals surface area contributed by atoms with E-state index < -0.39 is 0 Å². The summed E-state index contributed by atoms with van der Waals surface area (Å²) >= 11 is 0. The van der Waals surface area contributed by atoms with Gasteiger partial charge in [0.25, 0.3) is 0 Å². The summed E-state index contributed by atoms with van der Waals surface area (Å²) in [5, 5.41) is 14.9. The zero-order valence-electron chi connectivity index (χ0n) is 11.9. The quantitative estimate of drug-likeness (QED) is 0.391. The van der Waals surface area contributed by atoms with E-state index in [9.17, 15) is 0 Å². The van der Waals surface area contributed by atoms with Crippen LogP contribution in [0.1, 0.15) is 84.0 Å². The Morgan fingerprint density at radius 2 is 1.06 bits per heavy atom. The molecule has 0 aromatic heterocycles. The summed E-state index contributed by atoms with van der Waals surface area (Å²) in [6.45, 7) is 2.27. The zero-order valence-corrected chi connectivity index (χ0v) is 11.9. The van der Waals surface area contributed by atoms with Crippen LogP contribution in [0.15, 0.2) is 20.7 Å². The molecule has 0 bridgehead atoms. The van der Waals surface area contributed by atoms with Crippen molar-refractivity contribution in [3.8, 4) is 0 Å². The van der Waals surface area contributed by atoms with Crippen molar-refractivity contribution in [2.24, 2.45) is 20.7 Å². The minimum absolute atomic E-state index is 0.0311. The molecular formula is C14H28N4. The topological polar surface area (TPSA) is 49.4 Å². The lowest BCUT2D eigenvalue weighted by molar-refractivity contribution is 0.524. The molecule has 4 nitrogen and oxygen atoms in total. The zero-order chi connectivity index (χ0) is 12.9. The molecule has 0 amide bonds. The third kappa shape index (κ3) is 8.31. The predicted molar refractivity (Wildman–Crippen MR) is 74.6 cm³/mol. The highest BCUT2D eigenvalue weighted by Crippen LogP contribution is 2.15. The Morgan fingerprint density at radius 3 is 1.56 bits per heavy atom. The Balaban J connectivity index is 1.71. The van der Waals surface area contributed by atoms with Gasteiger partial charge in [-0.05, 0) is 23.3 Å². The molecule has 1 rings (SSSR count). The van der Waals surface area contributed by atoms with Crippen molar-refractivity contribution in [1.29, 1.82) is 0 Å². The molecule has 1 aliphatic rings. The van der Waals surface area contributed by atoms with Crippen molar-refractivity contribution in [3.05, 3.63) is 0 Å². The predicted octanol–water partition coefficient (Wildman–Crippen LogP) is 5.85. The third-order valence-electron chi connectivity index (χ3n) is 3.48. The number of nitrogens with zero attached hydrogens (tertiary/aromatic N) is 4. The fourth-order valence-electron chi connectivity index (χ4n) is 2.30. The molecule has 0 saturated carbocycles. The summed E-state index contributed by atoms with van der Waals surface area (Å²) < 4.78 is 0. The molecule has 4 heteroatoms. The lowest BCUT2D eigenvalue weighted by Gasteiger charge is -2.03. The Bertz CT molecular complexity index is 226. The molecule has 0 aromatic carbocycles. The second-order valence-corrected chi connectivity index (χ2v) is 5.21. The first-order chi connectivity index (χ1) is 8.93. The number of hydrogen-bond donors (Lipinski definition) is 0. The summed E-state index contributed by atoms with van der Waals surface area (Å²) in [7, 11) is 0. The molecule has 18 heavy (non-hydrogen) atoms. The SMILES string of the molecule is CCCCCCCCCCCCCC1N=NN=N1. The van der Waals surface area contributed by atoms with Crippen LogP contribution in [0.5, 0.6) is 0 Å². The monoisotopic (exact) mass is 252 g/mol. The van der Waals surface area contributed by atoms with Crippen LogP contribution in [0.25, 0.3) is 0 Å². The number of unbranched alkanes of at least 4 members (excludes halogenated alkanes) is 10. The second-order valence-electron chi connectivity index (χ2n) is 5.21. The van der Waals surface area contributed by atoms with Crippen LogP contribution >= 0.6 is 0 Å². The first-order valence-electron chi connectivity index (χ1n) is 7.73. The summed E-state index contributed by atoms with van der Waals surface area (Å²) in [6, 6.07) is 0. The van der Waals surface area contributed by atoms with Gasteiger partial charge in [-0.25, -0.2) is 0 Å². The van der Waals surface area contributed by atoms with E-state index in [0.717, 1.165) is 6.42 Å². The average Bonchev–Trinajstić information content (AvgIpc) is 2.89. The first-order valence-corrected chi connectivity index (χ1v) is 7.73. The standard InChI is InChI=1S/C14H28N4/c1-2-3-4-5-6-7-8-9-10-11-12-13-14-15-17-18-16-14/h14H,2-13H2,1H3. The van der Waals surface area contributed by atoms with E-state index in [-0.39, 0.29) is 6.17 Å². The maximum absolute atomic E-state index is 3.91. The van der Waals surface area contributed by atoms with Crippen LogP contribution in [0.3, 0.4) is 0 Å². The van der Waals surface area contributed by atoms with Gasteiger partial charge in [0.2, 0.25) is 0 Å². The van der Waals surface area contributed by atoms with Gasteiger partial charge < -0.3 is 0 Å². The Kier molecular flexibility index (Phi) is 9.58. The highest BCUT2D eigenvalue weighted by molar-refractivity contribution is 4.61. The van der Waals surface area contributed by atoms with Crippen LogP contribution in [-0.4, -0.2) is 6.17 Å². The molecular weight excluding hydrogens is 224 g/mol. The molecule has 104 valence electrons. The minimum Gasteiger partial charge on any atom is -0.138 e. The molecule has 1 heterocycles. The van der Waals surface area contributed by atoms with E-state index in [1.807, 2.05) is 0 Å². The number of rotatable bonds is 12. The fraction of sp³-hybridized carbons (Fsp3) is 1.00. The van der Waals surface area contributed by atoms with Gasteiger partial charge in [0.15, 0.2) is 6.17 Å². The summed E-state index contributed by atoms with van der Waals surface area (Å²) in [5.74, 6) is 0. The van der Waals surface area contributed by atoms with E-state index in [2.05, 4.69) is 27.6 Å². The summed E-state index contributed by atoms with van der Waals surface area (Å²) in [4.78, 5) is 0. The van der Waals surface area contributed by atoms with Gasteiger partial charge in [0.05, 0.1) is 0 Å². The van der Waals surface area contributed by atoms with E-state index in [1.54, 1.807) is 0 Å². The minimum atomic E-state index is 0.0311. The van der Waals surface area contributed by atoms with Crippen molar-refractivity contribution in [3.63, 3.8) is 0 Å². The fourth-order valence-corrected chi connectivity index (χ4v) is 2.30. The van der Waals surface area contributed by atoms with Crippen LogP contribution in [-0.2, 0) is 0 Å². The van der Waals surface area contributed by atoms with Crippen molar-refractivity contribution in [2.75, 3.05) is 0 Å². The highest BCUT2D eigenvalue weighted by Gasteiger charge is 2.07. The molecule has 0 saturated heterocycles. The van der Waals surface area contributed by atoms with Crippen LogP contribution in [0.4, 0.5) is 0 Å². The van der Waals surface area contributed by atoms with Gasteiger partial charge in [-0.1, -0.05) is 71.1 Å². The van der Waals surface area contributed by atoms with Crippen LogP contribution in [0.2, 0.25) is 0 Å². The lowest BCUT2D eigenvalue weighted by Crippen LogP contribution is -1.95. The maximum atomic E-state index is 3.91. The molecule has 0 aliphatic carbocycles. The van der Waals surface area contributed by atoms with Crippen molar-refractivity contribution < 1.29 is 0 Å². The lowest BCUT2D eigenvalue weighted by atomic mass is 10.1. The number of hydrogen-bond acceptors (Lipinski definition) is 4. The smallest absolute Gasteiger partial charge is 0.138 e. The summed E-state index contributed by atoms with van der Waals surface area (Å²) in [5.41, 5.74) is 0. The molecule has 0 N–H and O–H groups in total. The normalized spacial score (nSPS) is 14.7. The van der Waals surface area contributed by atoms with Crippen molar-refractivity contribution >= 4 is 0 Å². The second kappa shape index (κ2) is 11.3. The van der Waals surface area contributed by atoms with E-state index >= 15 is 0 Å². The first kappa shape index (κ1) is 15.3. The average molecular weight is 252 g/mol. The highest BCUT2D eigenvalue weighted by atomic mass is 15.6. The molecule has 0 aromatic rings. The van der Waals surface area contributed by atoms with Gasteiger partial charge in [-0.15, -0.1) is 10.2 Å². The molecule has 0 spiro atoms. The van der Waals surface area contributed by atoms with E-state index in [4.69, 9.17) is 0 Å². The Morgan fingerprint density at radius 1 is 0.611 bits per heavy atom. The van der Waals surface area contributed by atoms with Crippen molar-refractivity contribution in [1.82, 2.24) is 0 Å². The maximum Gasteiger partial charge on any atom is 0.185 e. The van der Waals surface area contributed by atoms with Gasteiger partial charge in [-0.2, -0.15) is 0 Å². The Hall–Kier alpha value is -0.800. The molecule has 0 unspecified atom stereocenters. The van der Waals surface area contributed by atoms with Gasteiger partial charge in [-0.3, -0.25) is 0 Å². The molecule has 1 aliphatic heterocycles. The molecule has 0 radical (unpaired) electrons.